The van der Waals surface area contributed by atoms with Crippen LogP contribution in [0.25, 0.3) is 0 Å². The third-order valence-corrected chi connectivity index (χ3v) is 5.82. The van der Waals surface area contributed by atoms with Crippen molar-refractivity contribution in [2.45, 2.75) is 31.7 Å². The Morgan fingerprint density at radius 2 is 2.00 bits per heavy atom. The van der Waals surface area contributed by atoms with Crippen LogP contribution in [0.3, 0.4) is 0 Å². The van der Waals surface area contributed by atoms with E-state index < -0.39 is 0 Å². The highest BCUT2D eigenvalue weighted by Gasteiger charge is 2.23. The van der Waals surface area contributed by atoms with Gasteiger partial charge in [-0.15, -0.1) is 11.3 Å². The van der Waals surface area contributed by atoms with E-state index in [2.05, 4.69) is 27.7 Å². The van der Waals surface area contributed by atoms with Gasteiger partial charge in [-0.25, -0.2) is 0 Å². The number of amides is 1. The van der Waals surface area contributed by atoms with E-state index in [-0.39, 0.29) is 18.6 Å². The van der Waals surface area contributed by atoms with E-state index in [9.17, 15) is 4.79 Å². The number of carbonyl (C=O) groups is 1. The number of nitrogens with one attached hydrogen (secondary N) is 1. The second-order valence-corrected chi connectivity index (χ2v) is 7.95. The third-order valence-electron chi connectivity index (χ3n) is 4.61. The first kappa shape index (κ1) is 19.2. The minimum Gasteiger partial charge on any atom is -0.484 e. The van der Waals surface area contributed by atoms with E-state index in [1.54, 1.807) is 29.5 Å². The number of likely N-dealkylation sites (tertiary alicyclic amines) is 1. The molecular weight excluding hydrogens is 368 g/mol. The summed E-state index contributed by atoms with van der Waals surface area (Å²) in [5, 5.41) is 5.74. The van der Waals surface area contributed by atoms with Crippen LogP contribution in [0.4, 0.5) is 0 Å². The van der Waals surface area contributed by atoms with Crippen molar-refractivity contribution in [2.75, 3.05) is 26.2 Å². The molecule has 0 bridgehead atoms. The van der Waals surface area contributed by atoms with Gasteiger partial charge in [-0.1, -0.05) is 36.6 Å². The second-order valence-electron chi connectivity index (χ2n) is 6.53. The molecule has 3 rings (SSSR count). The van der Waals surface area contributed by atoms with Crippen LogP contribution in [-0.4, -0.2) is 37.0 Å². The number of hydrogen-bond acceptors (Lipinski definition) is 4. The molecule has 1 amide bonds. The van der Waals surface area contributed by atoms with E-state index in [1.165, 1.54) is 30.6 Å². The number of nitrogens with zero attached hydrogens (tertiary/aromatic N) is 1. The molecular formula is C20H25ClN2O2S. The number of carbonyl (C=O) groups excluding carboxylic acids is 1. The summed E-state index contributed by atoms with van der Waals surface area (Å²) in [6, 6.07) is 11.6. The zero-order valence-corrected chi connectivity index (χ0v) is 16.4. The molecule has 4 nitrogen and oxygen atoms in total. The van der Waals surface area contributed by atoms with Gasteiger partial charge in [0.05, 0.1) is 6.04 Å². The van der Waals surface area contributed by atoms with Crippen molar-refractivity contribution in [1.82, 2.24) is 10.2 Å². The summed E-state index contributed by atoms with van der Waals surface area (Å²) >= 11 is 7.69. The number of halogens is 1. The van der Waals surface area contributed by atoms with Gasteiger partial charge in [0, 0.05) is 16.4 Å². The predicted molar refractivity (Wildman–Crippen MR) is 107 cm³/mol. The van der Waals surface area contributed by atoms with Crippen molar-refractivity contribution in [1.29, 1.82) is 0 Å². The van der Waals surface area contributed by atoms with E-state index in [0.717, 1.165) is 13.1 Å². The minimum absolute atomic E-state index is 0.00248. The molecule has 1 N–H and O–H groups in total. The van der Waals surface area contributed by atoms with Crippen LogP contribution < -0.4 is 10.1 Å². The molecule has 0 aliphatic carbocycles. The van der Waals surface area contributed by atoms with Crippen LogP contribution in [-0.2, 0) is 4.79 Å². The summed E-state index contributed by atoms with van der Waals surface area (Å²) in [5.74, 6) is 0.497. The van der Waals surface area contributed by atoms with E-state index in [0.29, 0.717) is 17.3 Å². The number of ether oxygens (including phenoxy) is 1. The maximum Gasteiger partial charge on any atom is 0.258 e. The van der Waals surface area contributed by atoms with Gasteiger partial charge in [0.2, 0.25) is 0 Å². The van der Waals surface area contributed by atoms with Crippen molar-refractivity contribution >= 4 is 28.8 Å². The van der Waals surface area contributed by atoms with Gasteiger partial charge in [0.25, 0.3) is 5.91 Å². The molecule has 1 aromatic carbocycles. The highest BCUT2D eigenvalue weighted by molar-refractivity contribution is 7.10. The van der Waals surface area contributed by atoms with Crippen molar-refractivity contribution < 1.29 is 9.53 Å². The SMILES string of the molecule is O=C(COc1cccc(Cl)c1)NC[C@H](c1cccs1)N1CCCCCC1. The topological polar surface area (TPSA) is 41.6 Å². The predicted octanol–water partition coefficient (Wildman–Crippen LogP) is 4.51. The monoisotopic (exact) mass is 392 g/mol. The van der Waals surface area contributed by atoms with Crippen molar-refractivity contribution in [2.24, 2.45) is 0 Å². The van der Waals surface area contributed by atoms with E-state index in [4.69, 9.17) is 16.3 Å². The first-order chi connectivity index (χ1) is 12.7. The molecule has 1 atom stereocenters. The number of benzene rings is 1. The number of thiophene rings is 1. The summed E-state index contributed by atoms with van der Waals surface area (Å²) in [6.45, 7) is 2.80. The first-order valence-corrected chi connectivity index (χ1v) is 10.4. The van der Waals surface area contributed by atoms with Gasteiger partial charge in [-0.05, 0) is 55.6 Å². The highest BCUT2D eigenvalue weighted by atomic mass is 35.5. The Kier molecular flexibility index (Phi) is 7.35. The maximum atomic E-state index is 12.2. The van der Waals surface area contributed by atoms with E-state index in [1.807, 2.05) is 6.07 Å². The molecule has 0 saturated carbocycles. The molecule has 1 aliphatic rings. The molecule has 6 heteroatoms. The van der Waals surface area contributed by atoms with Crippen molar-refractivity contribution in [3.63, 3.8) is 0 Å². The molecule has 0 spiro atoms. The van der Waals surface area contributed by atoms with Gasteiger partial charge < -0.3 is 10.1 Å². The highest BCUT2D eigenvalue weighted by Crippen LogP contribution is 2.27. The zero-order valence-electron chi connectivity index (χ0n) is 14.8. The second kappa shape index (κ2) is 9.95. The normalized spacial score (nSPS) is 16.7. The molecule has 0 radical (unpaired) electrons. The molecule has 0 unspecified atom stereocenters. The van der Waals surface area contributed by atoms with Crippen molar-refractivity contribution in [3.05, 3.63) is 51.7 Å². The fourth-order valence-electron chi connectivity index (χ4n) is 3.26. The summed E-state index contributed by atoms with van der Waals surface area (Å²) in [5.41, 5.74) is 0. The summed E-state index contributed by atoms with van der Waals surface area (Å²) in [6.07, 6.45) is 5.06. The fourth-order valence-corrected chi connectivity index (χ4v) is 4.31. The molecule has 26 heavy (non-hydrogen) atoms. The van der Waals surface area contributed by atoms with Gasteiger partial charge >= 0.3 is 0 Å². The Morgan fingerprint density at radius 3 is 2.69 bits per heavy atom. The zero-order chi connectivity index (χ0) is 18.2. The standard InChI is InChI=1S/C20H25ClN2O2S/c21-16-7-5-8-17(13-16)25-15-20(24)22-14-18(19-9-6-12-26-19)23-10-3-1-2-4-11-23/h5-9,12-13,18H,1-4,10-11,14-15H2,(H,22,24)/t18-/m1/s1. The van der Waals surface area contributed by atoms with Gasteiger partial charge in [-0.3, -0.25) is 9.69 Å². The summed E-state index contributed by atoms with van der Waals surface area (Å²) in [7, 11) is 0. The number of rotatable bonds is 7. The van der Waals surface area contributed by atoms with E-state index >= 15 is 0 Å². The van der Waals surface area contributed by atoms with Gasteiger partial charge in [0.15, 0.2) is 6.61 Å². The summed E-state index contributed by atoms with van der Waals surface area (Å²) < 4.78 is 5.53. The third kappa shape index (κ3) is 5.73. The van der Waals surface area contributed by atoms with Crippen molar-refractivity contribution in [3.8, 4) is 5.75 Å². The first-order valence-electron chi connectivity index (χ1n) is 9.15. The largest absolute Gasteiger partial charge is 0.484 e. The number of hydrogen-bond donors (Lipinski definition) is 1. The molecule has 140 valence electrons. The molecule has 1 aromatic heterocycles. The Hall–Kier alpha value is -1.56. The van der Waals surface area contributed by atoms with Crippen LogP contribution in [0.1, 0.15) is 36.6 Å². The lowest BCUT2D eigenvalue weighted by molar-refractivity contribution is -0.123. The van der Waals surface area contributed by atoms with Crippen LogP contribution in [0.2, 0.25) is 5.02 Å². The fraction of sp³-hybridized carbons (Fsp3) is 0.450. The molecule has 2 aromatic rings. The smallest absolute Gasteiger partial charge is 0.258 e. The molecule has 1 aliphatic heterocycles. The quantitative estimate of drug-likeness (QED) is 0.753. The molecule has 1 fully saturated rings. The summed E-state index contributed by atoms with van der Waals surface area (Å²) in [4.78, 5) is 16.1. The lowest BCUT2D eigenvalue weighted by Gasteiger charge is -2.30. The van der Waals surface area contributed by atoms with Crippen LogP contribution in [0, 0.1) is 0 Å². The maximum absolute atomic E-state index is 12.2. The average Bonchev–Trinajstić information content (AvgIpc) is 3.03. The van der Waals surface area contributed by atoms with Crippen LogP contribution >= 0.6 is 22.9 Å². The van der Waals surface area contributed by atoms with Gasteiger partial charge in [0.1, 0.15) is 5.75 Å². The Bertz CT molecular complexity index is 685. The Balaban J connectivity index is 1.54. The lowest BCUT2D eigenvalue weighted by atomic mass is 10.2. The average molecular weight is 393 g/mol. The Labute approximate surface area is 164 Å². The van der Waals surface area contributed by atoms with Gasteiger partial charge in [-0.2, -0.15) is 0 Å². The Morgan fingerprint density at radius 1 is 1.19 bits per heavy atom. The minimum atomic E-state index is -0.110. The molecule has 2 heterocycles. The lowest BCUT2D eigenvalue weighted by Crippen LogP contribution is -2.39. The molecule has 1 saturated heterocycles. The van der Waals surface area contributed by atoms with Crippen LogP contribution in [0.15, 0.2) is 41.8 Å². The van der Waals surface area contributed by atoms with Crippen LogP contribution in [0.5, 0.6) is 5.75 Å².